The van der Waals surface area contributed by atoms with Gasteiger partial charge in [-0.3, -0.25) is 0 Å². The Morgan fingerprint density at radius 3 is 1.09 bits per heavy atom. The van der Waals surface area contributed by atoms with Gasteiger partial charge in [0.05, 0.1) is 0 Å². The maximum absolute atomic E-state index is 9.63. The third-order valence-corrected chi connectivity index (χ3v) is 1.91. The minimum Gasteiger partial charge on any atom is -0.302 e. The van der Waals surface area contributed by atoms with Crippen LogP contribution < -0.4 is 0 Å². The first-order valence-corrected chi connectivity index (χ1v) is 4.59. The third kappa shape index (κ3) is 18.5. The fourth-order valence-corrected chi connectivity index (χ4v) is 1.25. The van der Waals surface area contributed by atoms with Gasteiger partial charge in [0.25, 0.3) is 0 Å². The van der Waals surface area contributed by atoms with E-state index < -0.39 is 15.6 Å². The molecule has 71 valence electrons. The molecule has 0 amide bonds. The van der Waals surface area contributed by atoms with E-state index in [1.807, 2.05) is 0 Å². The van der Waals surface area contributed by atoms with E-state index in [0.29, 0.717) is 0 Å². The van der Waals surface area contributed by atoms with Crippen LogP contribution in [-0.2, 0) is 30.5 Å². The zero-order valence-corrected chi connectivity index (χ0v) is 6.94. The Morgan fingerprint density at radius 2 is 1.09 bits per heavy atom. The number of hydrogen-bond donors (Lipinski definition) is 4. The molecule has 0 aliphatic rings. The summed E-state index contributed by atoms with van der Waals surface area (Å²) in [5, 5.41) is 0. The van der Waals surface area contributed by atoms with Crippen molar-refractivity contribution in [3.8, 4) is 0 Å². The molecule has 11 heteroatoms. The molecule has 0 atom stereocenters. The Hall–Kier alpha value is 1.55. The first-order chi connectivity index (χ1) is 3.71. The predicted molar refractivity (Wildman–Crippen MR) is 33.7 cm³/mol. The van der Waals surface area contributed by atoms with Crippen LogP contribution >= 0.6 is 15.6 Å². The topological polar surface area (TPSA) is 124 Å². The standard InChI is InChI=1S/Cu.Mg.H4O7P2.2H/c;;1-8(2,3)7-9(4,5)6;;/h;;(H2,1,2,3)(H2,4,5,6);;. The Labute approximate surface area is 88.6 Å². The molecule has 0 rings (SSSR count). The Morgan fingerprint density at radius 1 is 0.909 bits per heavy atom. The van der Waals surface area contributed by atoms with E-state index >= 15 is 0 Å². The smallest absolute Gasteiger partial charge is 0.302 e. The van der Waals surface area contributed by atoms with Crippen LogP contribution in [0, 0.1) is 0 Å². The first kappa shape index (κ1) is 18.4. The normalized spacial score (nSPS) is 11.3. The van der Waals surface area contributed by atoms with E-state index in [-0.39, 0.29) is 40.1 Å². The molecule has 0 heterocycles. The van der Waals surface area contributed by atoms with Crippen molar-refractivity contribution in [2.45, 2.75) is 0 Å². The Kier molecular flexibility index (Phi) is 10.1. The Bertz CT molecular complexity index is 157. The summed E-state index contributed by atoms with van der Waals surface area (Å²) in [4.78, 5) is 31.0. The summed E-state index contributed by atoms with van der Waals surface area (Å²) < 4.78 is 22.2. The molecule has 0 saturated carbocycles. The molecule has 0 unspecified atom stereocenters. The van der Waals surface area contributed by atoms with Crippen LogP contribution in [0.4, 0.5) is 0 Å². The maximum atomic E-state index is 9.63. The second kappa shape index (κ2) is 6.07. The van der Waals surface area contributed by atoms with Crippen LogP contribution in [0.15, 0.2) is 0 Å². The van der Waals surface area contributed by atoms with Crippen LogP contribution in [0.5, 0.6) is 0 Å². The largest absolute Gasteiger partial charge is 0.478 e. The fraction of sp³-hybridized carbons (Fsp3) is 0. The maximum Gasteiger partial charge on any atom is 0.478 e. The van der Waals surface area contributed by atoms with Crippen molar-refractivity contribution in [1.82, 2.24) is 0 Å². The van der Waals surface area contributed by atoms with Crippen molar-refractivity contribution in [2.75, 3.05) is 0 Å². The molecule has 0 aromatic rings. The molecule has 11 heavy (non-hydrogen) atoms. The van der Waals surface area contributed by atoms with Crippen LogP contribution in [-0.4, -0.2) is 42.6 Å². The molecule has 0 aromatic heterocycles. The molecule has 1 radical (unpaired) electrons. The van der Waals surface area contributed by atoms with Gasteiger partial charge in [0.2, 0.25) is 0 Å². The van der Waals surface area contributed by atoms with Gasteiger partial charge in [-0.15, -0.1) is 0 Å². The van der Waals surface area contributed by atoms with E-state index in [2.05, 4.69) is 4.31 Å². The van der Waals surface area contributed by atoms with Crippen molar-refractivity contribution in [2.24, 2.45) is 0 Å². The van der Waals surface area contributed by atoms with Crippen LogP contribution in [0.25, 0.3) is 0 Å². The van der Waals surface area contributed by atoms with Gasteiger partial charge in [-0.05, 0) is 0 Å². The van der Waals surface area contributed by atoms with Crippen LogP contribution in [0.2, 0.25) is 0 Å². The van der Waals surface area contributed by atoms with Gasteiger partial charge in [0.1, 0.15) is 0 Å². The number of hydrogen-bond acceptors (Lipinski definition) is 3. The Balaban J connectivity index is -0.000000320. The van der Waals surface area contributed by atoms with Gasteiger partial charge in [-0.2, -0.15) is 4.31 Å². The summed E-state index contributed by atoms with van der Waals surface area (Å²) in [6.07, 6.45) is 0. The quantitative estimate of drug-likeness (QED) is 0.346. The summed E-state index contributed by atoms with van der Waals surface area (Å²) in [5.41, 5.74) is 0. The zero-order valence-electron chi connectivity index (χ0n) is 4.21. The number of phosphoric acid groups is 2. The average Bonchev–Trinajstić information content (AvgIpc) is 1.14. The molecule has 4 N–H and O–H groups in total. The van der Waals surface area contributed by atoms with Crippen molar-refractivity contribution in [3.63, 3.8) is 0 Å². The van der Waals surface area contributed by atoms with Crippen molar-refractivity contribution in [1.29, 1.82) is 0 Å². The van der Waals surface area contributed by atoms with Gasteiger partial charge in [-0.1, -0.05) is 0 Å². The first-order valence-electron chi connectivity index (χ1n) is 1.53. The van der Waals surface area contributed by atoms with Gasteiger partial charge < -0.3 is 19.6 Å². The molecule has 0 aromatic carbocycles. The van der Waals surface area contributed by atoms with E-state index in [0.717, 1.165) is 0 Å². The van der Waals surface area contributed by atoms with Gasteiger partial charge in [-0.25, -0.2) is 9.13 Å². The SMILES string of the molecule is O=P(O)(O)OP(=O)(O)O.[Cu].[MgH2]. The molecule has 0 aliphatic carbocycles. The van der Waals surface area contributed by atoms with Crippen LogP contribution in [0.3, 0.4) is 0 Å². The van der Waals surface area contributed by atoms with E-state index in [1.54, 1.807) is 0 Å². The summed E-state index contributed by atoms with van der Waals surface area (Å²) >= 11 is 0. The number of rotatable bonds is 2. The molecular formula is H6CuMgO7P2. The summed E-state index contributed by atoms with van der Waals surface area (Å²) in [5.74, 6) is 0. The molecule has 0 fully saturated rings. The van der Waals surface area contributed by atoms with Crippen molar-refractivity contribution in [3.05, 3.63) is 0 Å². The van der Waals surface area contributed by atoms with Crippen molar-refractivity contribution < 1.29 is 50.1 Å². The predicted octanol–water partition coefficient (Wildman–Crippen LogP) is -1.73. The van der Waals surface area contributed by atoms with Crippen molar-refractivity contribution >= 4 is 38.7 Å². The monoisotopic (exact) mass is 267 g/mol. The second-order valence-electron chi connectivity index (χ2n) is 1.06. The summed E-state index contributed by atoms with van der Waals surface area (Å²) in [7, 11) is -10.1. The molecule has 0 bridgehead atoms. The zero-order chi connectivity index (χ0) is 7.71. The van der Waals surface area contributed by atoms with E-state index in [9.17, 15) is 9.13 Å². The summed E-state index contributed by atoms with van der Waals surface area (Å²) in [6, 6.07) is 0. The van der Waals surface area contributed by atoms with E-state index in [4.69, 9.17) is 19.6 Å². The molecule has 0 spiro atoms. The van der Waals surface area contributed by atoms with Gasteiger partial charge in [0.15, 0.2) is 0 Å². The third-order valence-electron chi connectivity index (χ3n) is 0.213. The second-order valence-corrected chi connectivity index (χ2v) is 3.68. The fourth-order valence-electron chi connectivity index (χ4n) is 0.139. The molecular weight excluding hydrogens is 262 g/mol. The van der Waals surface area contributed by atoms with E-state index in [1.165, 1.54) is 0 Å². The van der Waals surface area contributed by atoms with Crippen LogP contribution in [0.1, 0.15) is 0 Å². The molecule has 0 aliphatic heterocycles. The van der Waals surface area contributed by atoms with Gasteiger partial charge >= 0.3 is 38.7 Å². The van der Waals surface area contributed by atoms with Gasteiger partial charge in [0, 0.05) is 17.1 Å². The molecule has 0 saturated heterocycles. The molecule has 7 nitrogen and oxygen atoms in total. The average molecular weight is 268 g/mol. The minimum atomic E-state index is -5.05. The minimum absolute atomic E-state index is 0. The summed E-state index contributed by atoms with van der Waals surface area (Å²) in [6.45, 7) is 0.